The number of nitrogens with two attached hydrogens (primary N) is 9. The number of nitrogens with one attached hydrogen (secondary N) is 13. The first kappa shape index (κ1) is 98.0. The number of fused-ring (bicyclic) bond motifs is 2. The van der Waals surface area contributed by atoms with Gasteiger partial charge in [0, 0.05) is 60.0 Å². The van der Waals surface area contributed by atoms with Crippen LogP contribution in [0.4, 0.5) is 0 Å². The van der Waals surface area contributed by atoms with Crippen LogP contribution in [0.15, 0.2) is 96.2 Å². The standard InChI is InChI=1S/C83H133N23O12/c1-7-51(6)70(106-77(113)64(37-19-24-42-88)99-79(115)67(46-54-48-95-59-32-14-12-29-56(54)59)102-72(108)57(89)30-25-43-93-83(91)92)82(118)103-66(44-52-26-9-8-10-27-52)78(114)98-60(33-15-20-38-84)73(109)97-63(36-18-23-41-87)76(112)104-69(50(4)5)81(117)105-68(49(2)3)80(116)100-62(35-17-22-40-86)74(110)96-61(34-16-21-39-85)75(111)101-65(71(90)107)45-53-47-94-58-31-13-11-28-55(53)58/h8-14,26-29,31-32,47-51,57,60-70,94-95H,7,15-25,30,33-46,84-89H2,1-6H3,(H2,90,107)(H,96,110)(H,97,109)(H,98,114)(H,99,115)(H,100,116)(H,101,111)(H,102,108)(H,103,118)(H,104,112)(H,105,117)(H,106,113)(H4,91,92,93)/t51-,57-,60-,61-,62-,63-,64-,65-,66-,67-,68-,69-,70-/m0/s1. The first-order valence-corrected chi connectivity index (χ1v) is 41.6. The Morgan fingerprint density at radius 3 is 1.05 bits per heavy atom. The number of guanidine groups is 1. The van der Waals surface area contributed by atoms with Crippen molar-refractivity contribution in [3.05, 3.63) is 108 Å². The highest BCUT2D eigenvalue weighted by atomic mass is 16.2. The summed E-state index contributed by atoms with van der Waals surface area (Å²) in [5, 5.41) is 32.6. The normalized spacial score (nSPS) is 14.7. The molecule has 35 nitrogen and oxygen atoms in total. The summed E-state index contributed by atoms with van der Waals surface area (Å²) in [5.41, 5.74) is 56.3. The molecule has 0 spiro atoms. The van der Waals surface area contributed by atoms with Crippen LogP contribution >= 0.6 is 0 Å². The number of unbranched alkanes of at least 4 members (excludes halogenated alkanes) is 5. The lowest BCUT2D eigenvalue weighted by Gasteiger charge is -2.30. The molecule has 0 saturated heterocycles. The molecule has 31 N–H and O–H groups in total. The highest BCUT2D eigenvalue weighted by molar-refractivity contribution is 6.00. The van der Waals surface area contributed by atoms with Gasteiger partial charge in [-0.2, -0.15) is 0 Å². The average Bonchev–Trinajstić information content (AvgIpc) is 1.64. The third-order valence-corrected chi connectivity index (χ3v) is 20.9. The van der Waals surface area contributed by atoms with Crippen LogP contribution in [0, 0.1) is 17.8 Å². The van der Waals surface area contributed by atoms with E-state index in [2.05, 4.69) is 73.4 Å². The number of H-pyrrole nitrogens is 2. The van der Waals surface area contributed by atoms with Crippen molar-refractivity contribution in [1.82, 2.24) is 68.5 Å². The summed E-state index contributed by atoms with van der Waals surface area (Å²) in [5.74, 6) is -10.9. The Hall–Kier alpha value is -10.6. The van der Waals surface area contributed by atoms with E-state index in [1.807, 2.05) is 55.5 Å². The van der Waals surface area contributed by atoms with Crippen LogP contribution in [0.2, 0.25) is 0 Å². The van der Waals surface area contributed by atoms with Gasteiger partial charge < -0.3 is 120 Å². The van der Waals surface area contributed by atoms with Crippen molar-refractivity contribution in [3.8, 4) is 0 Å². The smallest absolute Gasteiger partial charge is 0.243 e. The van der Waals surface area contributed by atoms with Gasteiger partial charge in [0.25, 0.3) is 0 Å². The number of carbonyl (C=O) groups is 12. The van der Waals surface area contributed by atoms with Gasteiger partial charge in [0.15, 0.2) is 5.96 Å². The van der Waals surface area contributed by atoms with Gasteiger partial charge in [-0.25, -0.2) is 0 Å². The highest BCUT2D eigenvalue weighted by Crippen LogP contribution is 2.23. The second kappa shape index (κ2) is 52.3. The fraction of sp³-hybridized carbons (Fsp3) is 0.578. The molecule has 0 fully saturated rings. The first-order chi connectivity index (χ1) is 56.5. The maximum absolute atomic E-state index is 15.1. The molecule has 0 aliphatic rings. The number of aromatic nitrogens is 2. The SMILES string of the molecule is CC[C@H](C)[C@H](NC(=O)[C@H](CCCCN)NC(=O)[C@H](Cc1c[nH]c2ccccc12)NC(=O)[C@@H](N)CCCN=C(N)N)C(=O)N[C@@H](Cc1ccccc1)C(=O)N[C@@H](CCCCN)C(=O)N[C@@H](CCCCN)C(=O)N[C@H](C(=O)N[C@H](C(=O)N[C@@H](CCCCN)C(=O)N[C@@H](CCCCN)C(=O)N[C@@H](Cc1c[nH]c2ccccc12)C(N)=O)C(C)C)C(C)C. The van der Waals surface area contributed by atoms with Crippen molar-refractivity contribution >= 4 is 98.7 Å². The summed E-state index contributed by atoms with van der Waals surface area (Å²) < 4.78 is 0. The maximum atomic E-state index is 15.1. The Kier molecular flexibility index (Phi) is 43.4. The van der Waals surface area contributed by atoms with Crippen molar-refractivity contribution in [2.24, 2.45) is 74.3 Å². The van der Waals surface area contributed by atoms with E-state index in [1.165, 1.54) is 0 Å². The predicted molar refractivity (Wildman–Crippen MR) is 456 cm³/mol. The average molecular weight is 1650 g/mol. The van der Waals surface area contributed by atoms with Crippen molar-refractivity contribution < 1.29 is 57.5 Å². The van der Waals surface area contributed by atoms with E-state index in [4.69, 9.17) is 51.6 Å². The van der Waals surface area contributed by atoms with Crippen molar-refractivity contribution in [2.45, 2.75) is 249 Å². The van der Waals surface area contributed by atoms with Gasteiger partial charge in [-0.05, 0) is 188 Å². The zero-order valence-corrected chi connectivity index (χ0v) is 69.5. The lowest BCUT2D eigenvalue weighted by atomic mass is 9.96. The third-order valence-electron chi connectivity index (χ3n) is 20.9. The van der Waals surface area contributed by atoms with Gasteiger partial charge in [0.1, 0.15) is 66.5 Å². The zero-order valence-electron chi connectivity index (χ0n) is 69.5. The van der Waals surface area contributed by atoms with Gasteiger partial charge in [-0.3, -0.25) is 62.5 Å². The fourth-order valence-electron chi connectivity index (χ4n) is 13.7. The quantitative estimate of drug-likeness (QED) is 0.0137. The molecule has 13 atom stereocenters. The lowest BCUT2D eigenvalue weighted by Crippen LogP contribution is -2.62. The van der Waals surface area contributed by atoms with E-state index in [0.717, 1.165) is 27.4 Å². The molecule has 0 radical (unpaired) electrons. The number of rotatable bonds is 57. The molecule has 3 aromatic carbocycles. The van der Waals surface area contributed by atoms with Crippen LogP contribution in [0.25, 0.3) is 21.8 Å². The van der Waals surface area contributed by atoms with Crippen LogP contribution in [0.5, 0.6) is 0 Å². The number of aromatic amines is 2. The molecule has 0 bridgehead atoms. The van der Waals surface area contributed by atoms with E-state index in [9.17, 15) is 47.9 Å². The minimum absolute atomic E-state index is 0.0124. The second-order valence-electron chi connectivity index (χ2n) is 31.0. The molecule has 0 aliphatic carbocycles. The van der Waals surface area contributed by atoms with E-state index < -0.39 is 161 Å². The van der Waals surface area contributed by atoms with E-state index in [1.54, 1.807) is 77.3 Å². The molecule has 2 heterocycles. The van der Waals surface area contributed by atoms with Crippen molar-refractivity contribution in [1.29, 1.82) is 0 Å². The summed E-state index contributed by atoms with van der Waals surface area (Å²) in [6, 6.07) is 8.44. The maximum Gasteiger partial charge on any atom is 0.243 e. The molecule has 0 unspecified atom stereocenters. The number of hydrogen-bond donors (Lipinski definition) is 22. The summed E-state index contributed by atoms with van der Waals surface area (Å²) in [6.45, 7) is 11.8. The number of hydrogen-bond acceptors (Lipinski definition) is 19. The molecular weight excluding hydrogens is 1510 g/mol. The number of aliphatic imine (C=N–C) groups is 1. The van der Waals surface area contributed by atoms with Crippen LogP contribution in [0.3, 0.4) is 0 Å². The summed E-state index contributed by atoms with van der Waals surface area (Å²) in [4.78, 5) is 184. The number of para-hydroxylation sites is 2. The Bertz CT molecular complexity index is 4040. The number of amides is 12. The Balaban J connectivity index is 1.37. The molecule has 5 aromatic rings. The third kappa shape index (κ3) is 32.7. The zero-order chi connectivity index (χ0) is 86.8. The van der Waals surface area contributed by atoms with Gasteiger partial charge >= 0.3 is 0 Å². The molecule has 12 amide bonds. The summed E-state index contributed by atoms with van der Waals surface area (Å²) in [6.07, 6.45) is 8.72. The first-order valence-electron chi connectivity index (χ1n) is 41.6. The van der Waals surface area contributed by atoms with Crippen molar-refractivity contribution in [3.63, 3.8) is 0 Å². The minimum atomic E-state index is -1.39. The van der Waals surface area contributed by atoms with E-state index >= 15 is 9.59 Å². The molecule has 0 saturated carbocycles. The monoisotopic (exact) mass is 1640 g/mol. The van der Waals surface area contributed by atoms with Crippen LogP contribution < -0.4 is 110 Å². The van der Waals surface area contributed by atoms with Crippen molar-refractivity contribution in [2.75, 3.05) is 39.3 Å². The van der Waals surface area contributed by atoms with Gasteiger partial charge in [-0.1, -0.05) is 115 Å². The highest BCUT2D eigenvalue weighted by Gasteiger charge is 2.39. The number of benzene rings is 3. The molecule has 2 aromatic heterocycles. The Morgan fingerprint density at radius 1 is 0.347 bits per heavy atom. The number of carbonyl (C=O) groups excluding carboxylic acids is 12. The number of primary amides is 1. The Labute approximate surface area is 692 Å². The van der Waals surface area contributed by atoms with Crippen LogP contribution in [-0.4, -0.2) is 199 Å². The molecular formula is C83H133N23O12. The molecule has 5 rings (SSSR count). The fourth-order valence-corrected chi connectivity index (χ4v) is 13.7. The molecule has 118 heavy (non-hydrogen) atoms. The Morgan fingerprint density at radius 2 is 0.661 bits per heavy atom. The largest absolute Gasteiger partial charge is 0.370 e. The second-order valence-corrected chi connectivity index (χ2v) is 31.0. The van der Waals surface area contributed by atoms with Gasteiger partial charge in [0.05, 0.1) is 6.04 Å². The van der Waals surface area contributed by atoms with Gasteiger partial charge in [-0.15, -0.1) is 0 Å². The minimum Gasteiger partial charge on any atom is -0.370 e. The van der Waals surface area contributed by atoms with E-state index in [0.29, 0.717) is 94.7 Å². The molecule has 35 heteroatoms. The van der Waals surface area contributed by atoms with Gasteiger partial charge in [0.2, 0.25) is 70.9 Å². The summed E-state index contributed by atoms with van der Waals surface area (Å²) in [7, 11) is 0. The van der Waals surface area contributed by atoms with E-state index in [-0.39, 0.29) is 96.5 Å². The molecule has 0 aliphatic heterocycles. The topological polar surface area (TPSA) is 615 Å². The lowest BCUT2D eigenvalue weighted by molar-refractivity contribution is -0.137. The van der Waals surface area contributed by atoms with Crippen LogP contribution in [0.1, 0.15) is 174 Å². The predicted octanol–water partition coefficient (Wildman–Crippen LogP) is -0.121. The summed E-state index contributed by atoms with van der Waals surface area (Å²) >= 11 is 0. The molecule has 652 valence electrons. The van der Waals surface area contributed by atoms with Crippen LogP contribution in [-0.2, 0) is 76.8 Å². The number of nitrogens with zero attached hydrogens (tertiary/aromatic N) is 1.